The van der Waals surface area contributed by atoms with Crippen molar-refractivity contribution in [2.45, 2.75) is 32.4 Å². The molecule has 1 N–H and O–H groups in total. The average Bonchev–Trinajstić information content (AvgIpc) is 2.27. The van der Waals surface area contributed by atoms with Crippen LogP contribution in [0.2, 0.25) is 0 Å². The van der Waals surface area contributed by atoms with Crippen LogP contribution < -0.4 is 0 Å². The van der Waals surface area contributed by atoms with E-state index in [0.29, 0.717) is 11.8 Å². The second kappa shape index (κ2) is 5.58. The lowest BCUT2D eigenvalue weighted by Crippen LogP contribution is -2.37. The number of terminal acetylenes is 1. The van der Waals surface area contributed by atoms with Gasteiger partial charge in [-0.25, -0.2) is 0 Å². The first kappa shape index (κ1) is 12.6. The maximum Gasteiger partial charge on any atom is 0.115 e. The molecule has 0 amide bonds. The molecule has 0 radical (unpaired) electrons. The highest BCUT2D eigenvalue weighted by molar-refractivity contribution is 5.27. The van der Waals surface area contributed by atoms with Gasteiger partial charge in [0.1, 0.15) is 5.75 Å². The van der Waals surface area contributed by atoms with Crippen molar-refractivity contribution in [2.24, 2.45) is 0 Å². The molecule has 86 valence electrons. The summed E-state index contributed by atoms with van der Waals surface area (Å²) in [7, 11) is 2.03. The molecule has 1 rings (SSSR count). The molecule has 16 heavy (non-hydrogen) atoms. The highest BCUT2D eigenvalue weighted by Crippen LogP contribution is 2.15. The molecule has 1 aromatic carbocycles. The number of phenolic OH excluding ortho intramolecular Hbond substituents is 1. The lowest BCUT2D eigenvalue weighted by molar-refractivity contribution is 0.231. The molecule has 2 atom stereocenters. The largest absolute Gasteiger partial charge is 0.508 e. The molecule has 2 unspecified atom stereocenters. The van der Waals surface area contributed by atoms with E-state index in [1.165, 1.54) is 0 Å². The van der Waals surface area contributed by atoms with E-state index >= 15 is 0 Å². The number of benzene rings is 1. The summed E-state index contributed by atoms with van der Waals surface area (Å²) in [5.41, 5.74) is 1.13. The molecular weight excluding hydrogens is 198 g/mol. The van der Waals surface area contributed by atoms with Crippen molar-refractivity contribution >= 4 is 0 Å². The topological polar surface area (TPSA) is 23.5 Å². The summed E-state index contributed by atoms with van der Waals surface area (Å²) in [6, 6.07) is 7.85. The van der Waals surface area contributed by atoms with Crippen LogP contribution in [0.5, 0.6) is 5.75 Å². The van der Waals surface area contributed by atoms with E-state index in [9.17, 15) is 5.11 Å². The maximum atomic E-state index is 9.37. The summed E-state index contributed by atoms with van der Waals surface area (Å²) in [6.07, 6.45) is 6.28. The predicted octanol–water partition coefficient (Wildman–Crippen LogP) is 2.28. The summed E-state index contributed by atoms with van der Waals surface area (Å²) < 4.78 is 0. The summed E-state index contributed by atoms with van der Waals surface area (Å²) in [6.45, 7) is 4.15. The van der Waals surface area contributed by atoms with Crippen LogP contribution in [0.25, 0.3) is 0 Å². The van der Waals surface area contributed by atoms with E-state index in [0.717, 1.165) is 12.0 Å². The Morgan fingerprint density at radius 2 is 2.12 bits per heavy atom. The van der Waals surface area contributed by atoms with Crippen molar-refractivity contribution in [3.63, 3.8) is 0 Å². The van der Waals surface area contributed by atoms with E-state index in [-0.39, 0.29) is 6.04 Å². The lowest BCUT2D eigenvalue weighted by atomic mass is 10.0. The molecule has 0 aromatic heterocycles. The minimum Gasteiger partial charge on any atom is -0.508 e. The van der Waals surface area contributed by atoms with Gasteiger partial charge in [0.2, 0.25) is 0 Å². The molecule has 1 aromatic rings. The van der Waals surface area contributed by atoms with E-state index in [1.54, 1.807) is 12.1 Å². The summed E-state index contributed by atoms with van der Waals surface area (Å²) in [5, 5.41) is 9.37. The molecule has 2 nitrogen and oxygen atoms in total. The number of phenols is 1. The quantitative estimate of drug-likeness (QED) is 0.782. The molecule has 0 aliphatic carbocycles. The maximum absolute atomic E-state index is 9.37. The SMILES string of the molecule is C#CC(C)N(C)C(C)Cc1cccc(O)c1. The smallest absolute Gasteiger partial charge is 0.115 e. The van der Waals surface area contributed by atoms with E-state index in [2.05, 4.69) is 17.7 Å². The number of likely N-dealkylation sites (N-methyl/N-ethyl adjacent to an activating group) is 1. The number of hydrogen-bond acceptors (Lipinski definition) is 2. The van der Waals surface area contributed by atoms with Gasteiger partial charge >= 0.3 is 0 Å². The Balaban J connectivity index is 2.64. The Morgan fingerprint density at radius 3 is 2.69 bits per heavy atom. The monoisotopic (exact) mass is 217 g/mol. The van der Waals surface area contributed by atoms with E-state index in [1.807, 2.05) is 26.1 Å². The highest BCUT2D eigenvalue weighted by Gasteiger charge is 2.14. The number of nitrogens with zero attached hydrogens (tertiary/aromatic N) is 1. The summed E-state index contributed by atoms with van der Waals surface area (Å²) >= 11 is 0. The Morgan fingerprint density at radius 1 is 1.44 bits per heavy atom. The van der Waals surface area contributed by atoms with Gasteiger partial charge in [0.05, 0.1) is 6.04 Å². The van der Waals surface area contributed by atoms with Gasteiger partial charge in [-0.05, 0) is 45.0 Å². The predicted molar refractivity (Wildman–Crippen MR) is 67.3 cm³/mol. The fraction of sp³-hybridized carbons (Fsp3) is 0.429. The zero-order chi connectivity index (χ0) is 12.1. The van der Waals surface area contributed by atoms with Gasteiger partial charge < -0.3 is 5.11 Å². The van der Waals surface area contributed by atoms with Crippen molar-refractivity contribution in [1.82, 2.24) is 4.90 Å². The Bertz CT molecular complexity index is 381. The lowest BCUT2D eigenvalue weighted by Gasteiger charge is -2.27. The van der Waals surface area contributed by atoms with Gasteiger partial charge in [-0.15, -0.1) is 6.42 Å². The summed E-state index contributed by atoms with van der Waals surface area (Å²) in [4.78, 5) is 2.16. The van der Waals surface area contributed by atoms with Crippen LogP contribution in [0.4, 0.5) is 0 Å². The third-order valence-corrected chi connectivity index (χ3v) is 2.99. The molecular formula is C14H19NO. The molecule has 0 aliphatic rings. The third-order valence-electron chi connectivity index (χ3n) is 2.99. The molecule has 0 fully saturated rings. The van der Waals surface area contributed by atoms with Crippen LogP contribution in [0.15, 0.2) is 24.3 Å². The zero-order valence-electron chi connectivity index (χ0n) is 10.1. The second-order valence-electron chi connectivity index (χ2n) is 4.23. The van der Waals surface area contributed by atoms with Crippen LogP contribution in [0.1, 0.15) is 19.4 Å². The molecule has 0 spiro atoms. The first-order chi connectivity index (χ1) is 7.54. The van der Waals surface area contributed by atoms with Crippen molar-refractivity contribution in [2.75, 3.05) is 7.05 Å². The van der Waals surface area contributed by atoms with Gasteiger partial charge in [-0.2, -0.15) is 0 Å². The van der Waals surface area contributed by atoms with Crippen molar-refractivity contribution in [3.05, 3.63) is 29.8 Å². The van der Waals surface area contributed by atoms with Gasteiger partial charge in [-0.3, -0.25) is 4.90 Å². The third kappa shape index (κ3) is 3.29. The van der Waals surface area contributed by atoms with Gasteiger partial charge in [0.15, 0.2) is 0 Å². The standard InChI is InChI=1S/C14H19NO/c1-5-11(2)15(4)12(3)9-13-7-6-8-14(16)10-13/h1,6-8,10-12,16H,9H2,2-4H3. The Hall–Kier alpha value is -1.46. The molecule has 0 aliphatic heterocycles. The molecule has 0 bridgehead atoms. The van der Waals surface area contributed by atoms with E-state index < -0.39 is 0 Å². The van der Waals surface area contributed by atoms with Crippen molar-refractivity contribution < 1.29 is 5.11 Å². The minimum atomic E-state index is 0.132. The Kier molecular flexibility index (Phi) is 4.39. The van der Waals surface area contributed by atoms with Crippen LogP contribution in [-0.4, -0.2) is 29.1 Å². The number of hydrogen-bond donors (Lipinski definition) is 1. The highest BCUT2D eigenvalue weighted by atomic mass is 16.3. The van der Waals surface area contributed by atoms with Crippen LogP contribution in [0, 0.1) is 12.3 Å². The van der Waals surface area contributed by atoms with Crippen LogP contribution >= 0.6 is 0 Å². The first-order valence-electron chi connectivity index (χ1n) is 5.50. The van der Waals surface area contributed by atoms with E-state index in [4.69, 9.17) is 6.42 Å². The fourth-order valence-electron chi connectivity index (χ4n) is 1.67. The second-order valence-corrected chi connectivity index (χ2v) is 4.23. The molecule has 0 saturated carbocycles. The van der Waals surface area contributed by atoms with Crippen molar-refractivity contribution in [3.8, 4) is 18.1 Å². The normalized spacial score (nSPS) is 14.4. The van der Waals surface area contributed by atoms with Crippen LogP contribution in [0.3, 0.4) is 0 Å². The minimum absolute atomic E-state index is 0.132. The molecule has 0 heterocycles. The Labute approximate surface area is 97.9 Å². The summed E-state index contributed by atoms with van der Waals surface area (Å²) in [5.74, 6) is 3.04. The fourth-order valence-corrected chi connectivity index (χ4v) is 1.67. The first-order valence-corrected chi connectivity index (χ1v) is 5.50. The number of aromatic hydroxyl groups is 1. The number of rotatable bonds is 4. The van der Waals surface area contributed by atoms with Crippen molar-refractivity contribution in [1.29, 1.82) is 0 Å². The van der Waals surface area contributed by atoms with Crippen LogP contribution in [-0.2, 0) is 6.42 Å². The van der Waals surface area contributed by atoms with Gasteiger partial charge in [0, 0.05) is 6.04 Å². The van der Waals surface area contributed by atoms with Gasteiger partial charge in [-0.1, -0.05) is 18.1 Å². The zero-order valence-corrected chi connectivity index (χ0v) is 10.1. The molecule has 2 heteroatoms. The molecule has 0 saturated heterocycles. The average molecular weight is 217 g/mol. The van der Waals surface area contributed by atoms with Gasteiger partial charge in [0.25, 0.3) is 0 Å².